The highest BCUT2D eigenvalue weighted by Crippen LogP contribution is 2.56. The van der Waals surface area contributed by atoms with Crippen LogP contribution in [0.3, 0.4) is 0 Å². The van der Waals surface area contributed by atoms with Gasteiger partial charge >= 0.3 is 11.9 Å². The van der Waals surface area contributed by atoms with Crippen molar-refractivity contribution in [2.75, 3.05) is 14.2 Å². The van der Waals surface area contributed by atoms with Gasteiger partial charge in [0.25, 0.3) is 0 Å². The van der Waals surface area contributed by atoms with E-state index in [4.69, 9.17) is 9.47 Å². The van der Waals surface area contributed by atoms with Gasteiger partial charge < -0.3 is 9.47 Å². The van der Waals surface area contributed by atoms with Gasteiger partial charge in [-0.2, -0.15) is 0 Å². The number of allylic oxidation sites excluding steroid dienone is 2. The van der Waals surface area contributed by atoms with Crippen LogP contribution >= 0.6 is 0 Å². The van der Waals surface area contributed by atoms with Crippen LogP contribution in [0.2, 0.25) is 0 Å². The van der Waals surface area contributed by atoms with Gasteiger partial charge in [0.2, 0.25) is 0 Å². The van der Waals surface area contributed by atoms with Crippen molar-refractivity contribution >= 4 is 17.7 Å². The summed E-state index contributed by atoms with van der Waals surface area (Å²) in [5.74, 6) is -1.63. The summed E-state index contributed by atoms with van der Waals surface area (Å²) in [7, 11) is 2.48. The highest BCUT2D eigenvalue weighted by atomic mass is 16.5. The molecule has 5 heteroatoms. The molecule has 2 rings (SSSR count). The lowest BCUT2D eigenvalue weighted by atomic mass is 9.76. The molecule has 2 saturated carbocycles. The van der Waals surface area contributed by atoms with Crippen molar-refractivity contribution in [2.24, 2.45) is 10.8 Å². The lowest BCUT2D eigenvalue weighted by molar-refractivity contribution is -0.162. The molecule has 0 spiro atoms. The van der Waals surface area contributed by atoms with Crippen molar-refractivity contribution in [1.29, 1.82) is 0 Å². The highest BCUT2D eigenvalue weighted by molar-refractivity contribution is 6.17. The van der Waals surface area contributed by atoms with E-state index in [0.717, 1.165) is 0 Å². The fourth-order valence-corrected chi connectivity index (χ4v) is 3.35. The van der Waals surface area contributed by atoms with Crippen LogP contribution in [0.4, 0.5) is 0 Å². The third-order valence-corrected chi connectivity index (χ3v) is 4.53. The Morgan fingerprint density at radius 1 is 0.950 bits per heavy atom. The fraction of sp³-hybridized carbons (Fsp3) is 0.533. The summed E-state index contributed by atoms with van der Waals surface area (Å²) in [5, 5.41) is 0. The van der Waals surface area contributed by atoms with E-state index in [2.05, 4.69) is 13.2 Å². The summed E-state index contributed by atoms with van der Waals surface area (Å²) in [4.78, 5) is 37.2. The predicted octanol–water partition coefficient (Wildman–Crippen LogP) is 1.57. The molecule has 0 aliphatic heterocycles. The SMILES string of the molecule is C=C1C[C@]2(C(=O)OC)CC[C@](C(=O)OC)(CC1=C)C2=O. The molecule has 0 N–H and O–H groups in total. The number of carbonyl (C=O) groups is 3. The second-order valence-corrected chi connectivity index (χ2v) is 5.54. The molecule has 20 heavy (non-hydrogen) atoms. The van der Waals surface area contributed by atoms with Crippen molar-refractivity contribution in [1.82, 2.24) is 0 Å². The van der Waals surface area contributed by atoms with E-state index in [1.54, 1.807) is 0 Å². The van der Waals surface area contributed by atoms with E-state index >= 15 is 0 Å². The first-order valence-electron chi connectivity index (χ1n) is 6.42. The number of ketones is 1. The van der Waals surface area contributed by atoms with Gasteiger partial charge in [-0.3, -0.25) is 14.4 Å². The summed E-state index contributed by atoms with van der Waals surface area (Å²) < 4.78 is 9.59. The lowest BCUT2D eigenvalue weighted by Crippen LogP contribution is -2.44. The zero-order chi connectivity index (χ0) is 15.1. The molecule has 0 aromatic rings. The Hall–Kier alpha value is -1.91. The van der Waals surface area contributed by atoms with E-state index in [1.165, 1.54) is 14.2 Å². The lowest BCUT2D eigenvalue weighted by Gasteiger charge is -2.25. The normalized spacial score (nSPS) is 32.8. The Morgan fingerprint density at radius 3 is 1.60 bits per heavy atom. The number of methoxy groups -OCH3 is 2. The highest BCUT2D eigenvalue weighted by Gasteiger charge is 2.66. The molecule has 5 nitrogen and oxygen atoms in total. The predicted molar refractivity (Wildman–Crippen MR) is 70.7 cm³/mol. The third-order valence-electron chi connectivity index (χ3n) is 4.53. The molecule has 0 aromatic heterocycles. The van der Waals surface area contributed by atoms with Crippen molar-refractivity contribution in [2.45, 2.75) is 25.7 Å². The van der Waals surface area contributed by atoms with E-state index < -0.39 is 28.6 Å². The largest absolute Gasteiger partial charge is 0.468 e. The van der Waals surface area contributed by atoms with Crippen LogP contribution < -0.4 is 0 Å². The maximum absolute atomic E-state index is 12.9. The molecule has 0 saturated heterocycles. The molecule has 2 aliphatic carbocycles. The van der Waals surface area contributed by atoms with E-state index in [1.807, 2.05) is 0 Å². The van der Waals surface area contributed by atoms with Gasteiger partial charge in [-0.05, 0) is 25.7 Å². The van der Waals surface area contributed by atoms with Gasteiger partial charge in [0.1, 0.15) is 10.8 Å². The summed E-state index contributed by atoms with van der Waals surface area (Å²) >= 11 is 0. The number of hydrogen-bond donors (Lipinski definition) is 0. The minimum absolute atomic E-state index is 0.163. The van der Waals surface area contributed by atoms with Crippen LogP contribution in [-0.2, 0) is 23.9 Å². The first-order valence-corrected chi connectivity index (χ1v) is 6.42. The van der Waals surface area contributed by atoms with Gasteiger partial charge in [-0.1, -0.05) is 24.3 Å². The zero-order valence-electron chi connectivity index (χ0n) is 11.8. The van der Waals surface area contributed by atoms with E-state index in [0.29, 0.717) is 11.1 Å². The Kier molecular flexibility index (Phi) is 3.32. The molecule has 0 heterocycles. The molecule has 0 unspecified atom stereocenters. The molecule has 0 aromatic carbocycles. The van der Waals surface area contributed by atoms with Crippen LogP contribution in [0.15, 0.2) is 24.3 Å². The number of fused-ring (bicyclic) bond motifs is 2. The second-order valence-electron chi connectivity index (χ2n) is 5.54. The number of esters is 2. The molecule has 2 aliphatic rings. The smallest absolute Gasteiger partial charge is 0.319 e. The van der Waals surface area contributed by atoms with Crippen LogP contribution in [0.25, 0.3) is 0 Å². The minimum atomic E-state index is -1.32. The first-order chi connectivity index (χ1) is 9.34. The number of ether oxygens (including phenoxy) is 2. The third kappa shape index (κ3) is 1.65. The van der Waals surface area contributed by atoms with Crippen LogP contribution in [0, 0.1) is 10.8 Å². The minimum Gasteiger partial charge on any atom is -0.468 e. The molecule has 0 amide bonds. The Balaban J connectivity index is 2.60. The average molecular weight is 278 g/mol. The van der Waals surface area contributed by atoms with Crippen LogP contribution in [-0.4, -0.2) is 31.9 Å². The van der Waals surface area contributed by atoms with E-state index in [-0.39, 0.29) is 25.7 Å². The van der Waals surface area contributed by atoms with Gasteiger partial charge in [-0.15, -0.1) is 0 Å². The number of hydrogen-bond acceptors (Lipinski definition) is 5. The van der Waals surface area contributed by atoms with Crippen molar-refractivity contribution in [3.63, 3.8) is 0 Å². The monoisotopic (exact) mass is 278 g/mol. The Bertz CT molecular complexity index is 486. The van der Waals surface area contributed by atoms with Gasteiger partial charge in [0, 0.05) is 0 Å². The number of Topliss-reactive ketones (excluding diaryl/α,β-unsaturated/α-hetero) is 1. The van der Waals surface area contributed by atoms with Crippen molar-refractivity contribution < 1.29 is 23.9 Å². The fourth-order valence-electron chi connectivity index (χ4n) is 3.35. The van der Waals surface area contributed by atoms with Crippen molar-refractivity contribution in [3.8, 4) is 0 Å². The molecule has 2 fully saturated rings. The molecular weight excluding hydrogens is 260 g/mol. The maximum atomic E-state index is 12.9. The Morgan fingerprint density at radius 2 is 1.30 bits per heavy atom. The molecule has 0 radical (unpaired) electrons. The van der Waals surface area contributed by atoms with Gasteiger partial charge in [-0.25, -0.2) is 0 Å². The Labute approximate surface area is 117 Å². The summed E-state index contributed by atoms with van der Waals surface area (Å²) in [6.07, 6.45) is 0.881. The maximum Gasteiger partial charge on any atom is 0.319 e. The zero-order valence-corrected chi connectivity index (χ0v) is 11.8. The number of rotatable bonds is 2. The molecule has 2 bridgehead atoms. The average Bonchev–Trinajstić information content (AvgIpc) is 2.68. The van der Waals surface area contributed by atoms with Crippen LogP contribution in [0.1, 0.15) is 25.7 Å². The van der Waals surface area contributed by atoms with Crippen molar-refractivity contribution in [3.05, 3.63) is 24.3 Å². The first kappa shape index (κ1) is 14.5. The topological polar surface area (TPSA) is 69.7 Å². The van der Waals surface area contributed by atoms with Gasteiger partial charge in [0.15, 0.2) is 5.78 Å². The molecular formula is C15H18O5. The molecule has 108 valence electrons. The second kappa shape index (κ2) is 4.58. The van der Waals surface area contributed by atoms with E-state index in [9.17, 15) is 14.4 Å². The summed E-state index contributed by atoms with van der Waals surface area (Å²) in [6.45, 7) is 7.75. The standard InChI is InChI=1S/C15H18O5/c1-9-7-14(12(17)19-3)5-6-15(11(14)16,8-10(9)2)13(18)20-4/h1-2,5-8H2,3-4H3/t14-,15+. The van der Waals surface area contributed by atoms with Gasteiger partial charge in [0.05, 0.1) is 14.2 Å². The summed E-state index contributed by atoms with van der Waals surface area (Å²) in [5.41, 5.74) is -1.40. The molecule has 2 atom stereocenters. The quantitative estimate of drug-likeness (QED) is 0.566. The van der Waals surface area contributed by atoms with Crippen LogP contribution in [0.5, 0.6) is 0 Å². The summed E-state index contributed by atoms with van der Waals surface area (Å²) in [6, 6.07) is 0. The number of carbonyl (C=O) groups excluding carboxylic acids is 3.